The minimum atomic E-state index is -0.851. The molecule has 0 aliphatic rings. The second kappa shape index (κ2) is 9.46. The van der Waals surface area contributed by atoms with Crippen LogP contribution < -0.4 is 4.74 Å². The Balaban J connectivity index is 2.87. The first-order valence-corrected chi connectivity index (χ1v) is 7.56. The Morgan fingerprint density at radius 3 is 2.39 bits per heavy atom. The molecule has 1 aromatic rings. The van der Waals surface area contributed by atoms with Crippen LogP contribution in [0.3, 0.4) is 0 Å². The Labute approximate surface area is 136 Å². The molecule has 6 nitrogen and oxygen atoms in total. The Kier molecular flexibility index (Phi) is 7.61. The monoisotopic (exact) mass is 319 g/mol. The van der Waals surface area contributed by atoms with Crippen molar-refractivity contribution in [3.8, 4) is 5.75 Å². The second-order valence-electron chi connectivity index (χ2n) is 5.20. The number of esters is 1. The second-order valence-corrected chi connectivity index (χ2v) is 5.20. The quantitative estimate of drug-likeness (QED) is 0.340. The predicted molar refractivity (Wildman–Crippen MR) is 86.5 cm³/mol. The smallest absolute Gasteiger partial charge is 0.505 e. The van der Waals surface area contributed by atoms with Crippen LogP contribution in [0, 0.1) is 11.3 Å². The molecule has 23 heavy (non-hydrogen) atoms. The van der Waals surface area contributed by atoms with Gasteiger partial charge in [-0.05, 0) is 37.0 Å². The zero-order valence-electron chi connectivity index (χ0n) is 13.8. The minimum Gasteiger partial charge on any atom is -0.505 e. The first-order chi connectivity index (χ1) is 11.1. The molecule has 0 heterocycles. The standard InChI is InChI=1S/C17H22N2O4/c1-4-5-13(16(20)15(19-18)17(21)23-3)9-6-12-7-10-14(22-2)11-8-12/h7-8,10-11,13H,4-6,9H2,1-3H3/p+1. The molecule has 124 valence electrons. The molecule has 0 aromatic heterocycles. The summed E-state index contributed by atoms with van der Waals surface area (Å²) >= 11 is 0. The molecule has 0 aliphatic carbocycles. The van der Waals surface area contributed by atoms with Crippen LogP contribution >= 0.6 is 0 Å². The normalized spacial score (nSPS) is 12.8. The first-order valence-electron chi connectivity index (χ1n) is 7.56. The number of aliphatic hydroxyl groups excluding tert-OH is 1. The Morgan fingerprint density at radius 2 is 1.91 bits per heavy atom. The highest BCUT2D eigenvalue weighted by Gasteiger charge is 2.33. The van der Waals surface area contributed by atoms with Crippen molar-refractivity contribution >= 4 is 5.97 Å². The van der Waals surface area contributed by atoms with Crippen molar-refractivity contribution < 1.29 is 19.4 Å². The number of rotatable bonds is 8. The van der Waals surface area contributed by atoms with Crippen LogP contribution in [0.4, 0.5) is 0 Å². The zero-order chi connectivity index (χ0) is 17.2. The summed E-state index contributed by atoms with van der Waals surface area (Å²) in [4.78, 5) is 14.4. The Bertz CT molecular complexity index is 588. The van der Waals surface area contributed by atoms with Gasteiger partial charge in [0.15, 0.2) is 10.7 Å². The van der Waals surface area contributed by atoms with E-state index in [0.29, 0.717) is 12.8 Å². The van der Waals surface area contributed by atoms with Gasteiger partial charge >= 0.3 is 11.7 Å². The van der Waals surface area contributed by atoms with E-state index in [1.807, 2.05) is 31.2 Å². The van der Waals surface area contributed by atoms with Gasteiger partial charge in [0.05, 0.1) is 14.2 Å². The van der Waals surface area contributed by atoms with Crippen LogP contribution in [0.1, 0.15) is 31.7 Å². The summed E-state index contributed by atoms with van der Waals surface area (Å²) in [6, 6.07) is 7.67. The van der Waals surface area contributed by atoms with Crippen LogP contribution in [0.25, 0.3) is 4.98 Å². The number of nitrogens with zero attached hydrogens (tertiary/aromatic N) is 2. The molecule has 0 saturated heterocycles. The molecule has 0 amide bonds. The maximum Gasteiger partial charge on any atom is 0.505 e. The maximum absolute atomic E-state index is 11.5. The van der Waals surface area contributed by atoms with Crippen LogP contribution in [0.2, 0.25) is 0 Å². The van der Waals surface area contributed by atoms with Crippen molar-refractivity contribution in [3.05, 3.63) is 46.3 Å². The van der Waals surface area contributed by atoms with E-state index >= 15 is 0 Å². The molecule has 0 saturated carbocycles. The van der Waals surface area contributed by atoms with Crippen LogP contribution in [-0.4, -0.2) is 25.3 Å². The number of carbonyl (C=O) groups is 1. The highest BCUT2D eigenvalue weighted by Crippen LogP contribution is 2.25. The lowest BCUT2D eigenvalue weighted by molar-refractivity contribution is -0.136. The number of aliphatic hydroxyl groups is 1. The largest absolute Gasteiger partial charge is 0.505 e. The number of methoxy groups -OCH3 is 2. The number of allylic oxidation sites excluding steroid dienone is 1. The molecule has 0 aliphatic heterocycles. The number of ether oxygens (including phenoxy) is 2. The van der Waals surface area contributed by atoms with E-state index in [1.54, 1.807) is 7.11 Å². The zero-order valence-corrected chi connectivity index (χ0v) is 13.8. The highest BCUT2D eigenvalue weighted by molar-refractivity contribution is 5.90. The molecule has 1 unspecified atom stereocenters. The fraction of sp³-hybridized carbons (Fsp3) is 0.471. The predicted octanol–water partition coefficient (Wildman–Crippen LogP) is 3.84. The topological polar surface area (TPSA) is 83.9 Å². The summed E-state index contributed by atoms with van der Waals surface area (Å²) in [6.45, 7) is 1.99. The average molecular weight is 319 g/mol. The van der Waals surface area contributed by atoms with Crippen molar-refractivity contribution in [2.75, 3.05) is 14.2 Å². The van der Waals surface area contributed by atoms with Crippen LogP contribution in [-0.2, 0) is 16.0 Å². The van der Waals surface area contributed by atoms with E-state index in [9.17, 15) is 9.90 Å². The van der Waals surface area contributed by atoms with Gasteiger partial charge in [-0.3, -0.25) is 0 Å². The molecule has 1 rings (SSSR count). The number of benzene rings is 1. The Morgan fingerprint density at radius 1 is 1.26 bits per heavy atom. The third-order valence-electron chi connectivity index (χ3n) is 3.69. The van der Waals surface area contributed by atoms with E-state index in [1.165, 1.54) is 7.11 Å². The minimum absolute atomic E-state index is 0.227. The van der Waals surface area contributed by atoms with Crippen molar-refractivity contribution in [1.29, 1.82) is 5.39 Å². The molecule has 1 atom stereocenters. The summed E-state index contributed by atoms with van der Waals surface area (Å²) in [5.41, 5.74) is 0.668. The number of hydrogen-bond donors (Lipinski definition) is 1. The highest BCUT2D eigenvalue weighted by atomic mass is 16.5. The van der Waals surface area contributed by atoms with Crippen molar-refractivity contribution in [3.63, 3.8) is 0 Å². The van der Waals surface area contributed by atoms with Crippen LogP contribution in [0.15, 0.2) is 35.7 Å². The van der Waals surface area contributed by atoms with E-state index in [0.717, 1.165) is 24.2 Å². The summed E-state index contributed by atoms with van der Waals surface area (Å²) in [5.74, 6) is -0.564. The SMILES string of the molecule is CCCC(CCc1ccc(OC)cc1)/C(O)=C(\[N+]#N)C(=O)OC. The van der Waals surface area contributed by atoms with Gasteiger partial charge in [-0.25, -0.2) is 4.79 Å². The maximum atomic E-state index is 11.5. The van der Waals surface area contributed by atoms with Gasteiger partial charge in [-0.15, -0.1) is 0 Å². The van der Waals surface area contributed by atoms with E-state index < -0.39 is 11.7 Å². The molecule has 0 fully saturated rings. The third-order valence-corrected chi connectivity index (χ3v) is 3.69. The van der Waals surface area contributed by atoms with E-state index in [2.05, 4.69) is 9.71 Å². The van der Waals surface area contributed by atoms with Gasteiger partial charge in [0, 0.05) is 5.92 Å². The van der Waals surface area contributed by atoms with Crippen molar-refractivity contribution in [2.45, 2.75) is 32.6 Å². The number of aryl methyl sites for hydroxylation is 1. The number of hydrogen-bond acceptors (Lipinski definition) is 5. The summed E-state index contributed by atoms with van der Waals surface area (Å²) in [5, 5.41) is 19.2. The number of diazo groups is 1. The van der Waals surface area contributed by atoms with Gasteiger partial charge in [0.2, 0.25) is 5.39 Å². The summed E-state index contributed by atoms with van der Waals surface area (Å²) in [6.07, 6.45) is 2.86. The molecule has 0 spiro atoms. The van der Waals surface area contributed by atoms with Gasteiger partial charge in [0.1, 0.15) is 5.75 Å². The molecule has 1 aromatic carbocycles. The molecule has 6 heteroatoms. The van der Waals surface area contributed by atoms with Gasteiger partial charge in [-0.1, -0.05) is 25.5 Å². The number of carbonyl (C=O) groups excluding carboxylic acids is 1. The lowest BCUT2D eigenvalue weighted by atomic mass is 9.92. The summed E-state index contributed by atoms with van der Waals surface area (Å²) < 4.78 is 9.63. The molecular formula is C17H23N2O4+. The van der Waals surface area contributed by atoms with E-state index in [4.69, 9.17) is 10.1 Å². The van der Waals surface area contributed by atoms with Gasteiger partial charge < -0.3 is 14.6 Å². The molecule has 0 bridgehead atoms. The lowest BCUT2D eigenvalue weighted by Gasteiger charge is -2.13. The van der Waals surface area contributed by atoms with Crippen LogP contribution in [0.5, 0.6) is 5.75 Å². The van der Waals surface area contributed by atoms with Crippen molar-refractivity contribution in [2.24, 2.45) is 5.92 Å². The lowest BCUT2D eigenvalue weighted by Crippen LogP contribution is -2.13. The molecular weight excluding hydrogens is 296 g/mol. The average Bonchev–Trinajstić information content (AvgIpc) is 2.59. The Hall–Kier alpha value is -2.55. The van der Waals surface area contributed by atoms with E-state index in [-0.39, 0.29) is 11.7 Å². The fourth-order valence-corrected chi connectivity index (χ4v) is 2.39. The van der Waals surface area contributed by atoms with Gasteiger partial charge in [0.25, 0.3) is 0 Å². The fourth-order valence-electron chi connectivity index (χ4n) is 2.39. The van der Waals surface area contributed by atoms with Crippen molar-refractivity contribution in [1.82, 2.24) is 0 Å². The molecule has 1 N–H and O–H groups in total. The summed E-state index contributed by atoms with van der Waals surface area (Å²) in [7, 11) is 2.79. The van der Waals surface area contributed by atoms with Gasteiger partial charge in [-0.2, -0.15) is 0 Å². The third kappa shape index (κ3) is 5.29. The molecule has 0 radical (unpaired) electrons. The first kappa shape index (κ1) is 18.5.